The predicted octanol–water partition coefficient (Wildman–Crippen LogP) is 6.87. The number of nitrogens with one attached hydrogen (secondary N) is 1. The largest absolute Gasteiger partial charge is 0.505 e. The highest BCUT2D eigenvalue weighted by Gasteiger charge is 2.19. The first-order chi connectivity index (χ1) is 15.4. The second kappa shape index (κ2) is 9.11. The molecule has 0 spiro atoms. The van der Waals surface area contributed by atoms with Gasteiger partial charge in [0, 0.05) is 11.3 Å². The van der Waals surface area contributed by atoms with E-state index in [4.69, 9.17) is 0 Å². The van der Waals surface area contributed by atoms with Gasteiger partial charge in [0.25, 0.3) is 5.91 Å². The van der Waals surface area contributed by atoms with Crippen molar-refractivity contribution in [2.75, 3.05) is 5.32 Å². The van der Waals surface area contributed by atoms with Gasteiger partial charge in [-0.25, -0.2) is 4.98 Å². The van der Waals surface area contributed by atoms with Gasteiger partial charge < -0.3 is 10.4 Å². The molecule has 6 nitrogen and oxygen atoms in total. The maximum Gasteiger partial charge on any atom is 0.280 e. The van der Waals surface area contributed by atoms with Gasteiger partial charge in [0.1, 0.15) is 0 Å². The SMILES string of the molecule is Cc1nc2ccc(N=N/C(C(=O)Nc3c(C)cccc3C)=C(\O)c3ccccc3)cc2s1. The summed E-state index contributed by atoms with van der Waals surface area (Å²) < 4.78 is 0.983. The molecule has 0 saturated heterocycles. The van der Waals surface area contributed by atoms with Crippen LogP contribution < -0.4 is 5.32 Å². The Bertz CT molecular complexity index is 1340. The standard InChI is InChI=1S/C25H22N4O2S/c1-15-8-7-9-16(2)22(15)27-25(31)23(24(30)18-10-5-4-6-11-18)29-28-19-12-13-20-21(14-19)32-17(3)26-20/h4-14,30H,1-3H3,(H,27,31)/b24-23-,29-28?. The summed E-state index contributed by atoms with van der Waals surface area (Å²) in [4.78, 5) is 17.6. The van der Waals surface area contributed by atoms with Crippen molar-refractivity contribution in [2.45, 2.75) is 20.8 Å². The number of aliphatic hydroxyl groups is 1. The number of benzene rings is 3. The molecule has 4 aromatic rings. The van der Waals surface area contributed by atoms with Gasteiger partial charge in [-0.3, -0.25) is 4.79 Å². The van der Waals surface area contributed by atoms with Crippen molar-refractivity contribution in [3.05, 3.63) is 94.1 Å². The van der Waals surface area contributed by atoms with Crippen molar-refractivity contribution in [2.24, 2.45) is 10.2 Å². The number of hydrogen-bond acceptors (Lipinski definition) is 6. The number of aryl methyl sites for hydroxylation is 3. The highest BCUT2D eigenvalue weighted by atomic mass is 32.1. The van der Waals surface area contributed by atoms with Crippen LogP contribution in [0.2, 0.25) is 0 Å². The molecule has 0 fully saturated rings. The summed E-state index contributed by atoms with van der Waals surface area (Å²) in [6.07, 6.45) is 0. The summed E-state index contributed by atoms with van der Waals surface area (Å²) >= 11 is 1.56. The summed E-state index contributed by atoms with van der Waals surface area (Å²) in [6, 6.07) is 20.1. The van der Waals surface area contributed by atoms with Crippen LogP contribution >= 0.6 is 11.3 Å². The van der Waals surface area contributed by atoms with Crippen LogP contribution in [0.5, 0.6) is 0 Å². The molecule has 4 rings (SSSR count). The molecular weight excluding hydrogens is 420 g/mol. The van der Waals surface area contributed by atoms with Gasteiger partial charge in [0.05, 0.1) is 20.9 Å². The molecule has 0 aliphatic rings. The summed E-state index contributed by atoms with van der Waals surface area (Å²) in [6.45, 7) is 5.77. The first-order valence-corrected chi connectivity index (χ1v) is 10.9. The molecule has 160 valence electrons. The minimum absolute atomic E-state index is 0.167. The van der Waals surface area contributed by atoms with Gasteiger partial charge in [-0.2, -0.15) is 5.11 Å². The molecule has 0 aliphatic carbocycles. The lowest BCUT2D eigenvalue weighted by Gasteiger charge is -2.12. The number of amides is 1. The normalized spacial score (nSPS) is 12.2. The maximum atomic E-state index is 13.2. The Balaban J connectivity index is 1.73. The number of fused-ring (bicyclic) bond motifs is 1. The van der Waals surface area contributed by atoms with Crippen molar-refractivity contribution in [1.29, 1.82) is 0 Å². The van der Waals surface area contributed by atoms with Crippen LogP contribution in [0.4, 0.5) is 11.4 Å². The van der Waals surface area contributed by atoms with Crippen molar-refractivity contribution < 1.29 is 9.90 Å². The summed E-state index contributed by atoms with van der Waals surface area (Å²) in [5.74, 6) is -0.782. The first-order valence-electron chi connectivity index (χ1n) is 10.1. The number of thiazole rings is 1. The Morgan fingerprint density at radius 1 is 0.969 bits per heavy atom. The minimum atomic E-state index is -0.540. The Morgan fingerprint density at radius 2 is 1.69 bits per heavy atom. The average Bonchev–Trinajstić information content (AvgIpc) is 3.16. The zero-order valence-corrected chi connectivity index (χ0v) is 18.8. The van der Waals surface area contributed by atoms with Gasteiger partial charge in [-0.15, -0.1) is 16.5 Å². The van der Waals surface area contributed by atoms with E-state index < -0.39 is 5.91 Å². The second-order valence-corrected chi connectivity index (χ2v) is 8.60. The lowest BCUT2D eigenvalue weighted by atomic mass is 10.1. The third-order valence-electron chi connectivity index (χ3n) is 4.95. The van der Waals surface area contributed by atoms with E-state index in [0.717, 1.165) is 26.4 Å². The molecule has 0 bridgehead atoms. The van der Waals surface area contributed by atoms with Gasteiger partial charge >= 0.3 is 0 Å². The number of carbonyl (C=O) groups is 1. The van der Waals surface area contributed by atoms with Crippen molar-refractivity contribution in [3.8, 4) is 0 Å². The first kappa shape index (κ1) is 21.4. The topological polar surface area (TPSA) is 86.9 Å². The van der Waals surface area contributed by atoms with Crippen LogP contribution in [0, 0.1) is 20.8 Å². The highest BCUT2D eigenvalue weighted by molar-refractivity contribution is 7.18. The number of aliphatic hydroxyl groups excluding tert-OH is 1. The van der Waals surface area contributed by atoms with Gasteiger partial charge in [-0.05, 0) is 50.1 Å². The van der Waals surface area contributed by atoms with Crippen LogP contribution in [0.1, 0.15) is 21.7 Å². The van der Waals surface area contributed by atoms with E-state index >= 15 is 0 Å². The second-order valence-electron chi connectivity index (χ2n) is 7.37. The predicted molar refractivity (Wildman–Crippen MR) is 129 cm³/mol. The van der Waals surface area contributed by atoms with Gasteiger partial charge in [0.2, 0.25) is 0 Å². The van der Waals surface area contributed by atoms with Crippen LogP contribution in [0.25, 0.3) is 16.0 Å². The molecule has 1 heterocycles. The number of anilines is 1. The molecule has 7 heteroatoms. The van der Waals surface area contributed by atoms with E-state index in [0.29, 0.717) is 16.9 Å². The van der Waals surface area contributed by atoms with Gasteiger partial charge in [0.15, 0.2) is 11.5 Å². The lowest BCUT2D eigenvalue weighted by Crippen LogP contribution is -2.16. The fraction of sp³-hybridized carbons (Fsp3) is 0.120. The quantitative estimate of drug-likeness (QED) is 0.201. The summed E-state index contributed by atoms with van der Waals surface area (Å²) in [5.41, 5.74) is 4.29. The molecule has 2 N–H and O–H groups in total. The number of para-hydroxylation sites is 1. The summed E-state index contributed by atoms with van der Waals surface area (Å²) in [7, 11) is 0. The fourth-order valence-corrected chi connectivity index (χ4v) is 4.18. The average molecular weight is 443 g/mol. The Kier molecular flexibility index (Phi) is 6.09. The number of carbonyl (C=O) groups excluding carboxylic acids is 1. The molecule has 32 heavy (non-hydrogen) atoms. The molecule has 0 radical (unpaired) electrons. The smallest absolute Gasteiger partial charge is 0.280 e. The number of rotatable bonds is 5. The third-order valence-corrected chi connectivity index (χ3v) is 5.88. The number of aromatic nitrogens is 1. The third kappa shape index (κ3) is 4.58. The number of nitrogens with zero attached hydrogens (tertiary/aromatic N) is 3. The molecular formula is C25H22N4O2S. The molecule has 0 unspecified atom stereocenters. The van der Waals surface area contributed by atoms with E-state index in [1.54, 1.807) is 41.7 Å². The molecule has 1 amide bonds. The fourth-order valence-electron chi connectivity index (χ4n) is 3.32. The Hall–Kier alpha value is -3.84. The van der Waals surface area contributed by atoms with E-state index in [9.17, 15) is 9.90 Å². The molecule has 1 aromatic heterocycles. The monoisotopic (exact) mass is 442 g/mol. The van der Waals surface area contributed by atoms with E-state index in [2.05, 4.69) is 20.5 Å². The van der Waals surface area contributed by atoms with Crippen LogP contribution in [-0.2, 0) is 4.79 Å². The van der Waals surface area contributed by atoms with Crippen LogP contribution in [0.15, 0.2) is 82.7 Å². The van der Waals surface area contributed by atoms with E-state index in [1.165, 1.54) is 0 Å². The zero-order valence-electron chi connectivity index (χ0n) is 18.0. The zero-order chi connectivity index (χ0) is 22.7. The number of hydrogen-bond donors (Lipinski definition) is 2. The van der Waals surface area contributed by atoms with E-state index in [1.807, 2.05) is 57.2 Å². The molecule has 3 aromatic carbocycles. The lowest BCUT2D eigenvalue weighted by molar-refractivity contribution is -0.112. The highest BCUT2D eigenvalue weighted by Crippen LogP contribution is 2.28. The van der Waals surface area contributed by atoms with Crippen molar-refractivity contribution >= 4 is 44.6 Å². The Morgan fingerprint density at radius 3 is 2.41 bits per heavy atom. The summed E-state index contributed by atoms with van der Waals surface area (Å²) in [5, 5.41) is 23.1. The van der Waals surface area contributed by atoms with Gasteiger partial charge in [-0.1, -0.05) is 48.5 Å². The van der Waals surface area contributed by atoms with E-state index in [-0.39, 0.29) is 11.5 Å². The number of azo groups is 1. The molecule has 0 aliphatic heterocycles. The minimum Gasteiger partial charge on any atom is -0.505 e. The van der Waals surface area contributed by atoms with Crippen molar-refractivity contribution in [3.63, 3.8) is 0 Å². The maximum absolute atomic E-state index is 13.2. The molecule has 0 atom stereocenters. The Labute approximate surface area is 190 Å². The van der Waals surface area contributed by atoms with Crippen molar-refractivity contribution in [1.82, 2.24) is 4.98 Å². The van der Waals surface area contributed by atoms with Crippen LogP contribution in [0.3, 0.4) is 0 Å². The molecule has 0 saturated carbocycles. The van der Waals surface area contributed by atoms with Crippen LogP contribution in [-0.4, -0.2) is 16.0 Å².